The molecular weight excluding hydrogens is 252 g/mol. The summed E-state index contributed by atoms with van der Waals surface area (Å²) in [7, 11) is 1.72. The molecule has 1 aliphatic heterocycles. The first-order chi connectivity index (χ1) is 9.74. The molecule has 4 heteroatoms. The van der Waals surface area contributed by atoms with Crippen LogP contribution >= 0.6 is 0 Å². The van der Waals surface area contributed by atoms with Gasteiger partial charge in [0.1, 0.15) is 0 Å². The molecule has 0 aliphatic carbocycles. The standard InChI is InChI=1S/C16H14N2O2/c1-18-15(11-7-3-2-4-8-11)13-10-6-5-9-12(13)14(17-20)16(18)19/h2-10,15,20H,1H3/b17-14+. The van der Waals surface area contributed by atoms with E-state index in [1.54, 1.807) is 11.9 Å². The van der Waals surface area contributed by atoms with E-state index in [1.165, 1.54) is 0 Å². The Labute approximate surface area is 117 Å². The maximum atomic E-state index is 12.3. The fraction of sp³-hybridized carbons (Fsp3) is 0.125. The Balaban J connectivity index is 2.23. The topological polar surface area (TPSA) is 52.9 Å². The van der Waals surface area contributed by atoms with Crippen LogP contribution in [0.2, 0.25) is 0 Å². The number of hydrogen-bond donors (Lipinski definition) is 1. The van der Waals surface area contributed by atoms with Crippen molar-refractivity contribution in [1.29, 1.82) is 0 Å². The van der Waals surface area contributed by atoms with E-state index < -0.39 is 0 Å². The van der Waals surface area contributed by atoms with E-state index in [0.29, 0.717) is 5.56 Å². The molecule has 1 unspecified atom stereocenters. The van der Waals surface area contributed by atoms with E-state index in [-0.39, 0.29) is 17.7 Å². The predicted octanol–water partition coefficient (Wildman–Crippen LogP) is 2.43. The number of likely N-dealkylation sites (N-methyl/N-ethyl adjacent to an activating group) is 1. The molecule has 1 amide bonds. The van der Waals surface area contributed by atoms with Crippen LogP contribution < -0.4 is 0 Å². The van der Waals surface area contributed by atoms with Crippen LogP contribution in [0.5, 0.6) is 0 Å². The molecule has 20 heavy (non-hydrogen) atoms. The SMILES string of the molecule is CN1C(=O)/C(=N/O)c2ccccc2C1c1ccccc1. The van der Waals surface area contributed by atoms with E-state index in [1.807, 2.05) is 54.6 Å². The number of carbonyl (C=O) groups is 1. The highest BCUT2D eigenvalue weighted by atomic mass is 16.4. The van der Waals surface area contributed by atoms with E-state index in [4.69, 9.17) is 5.21 Å². The van der Waals surface area contributed by atoms with Crippen molar-refractivity contribution in [3.05, 3.63) is 71.3 Å². The first kappa shape index (κ1) is 12.4. The summed E-state index contributed by atoms with van der Waals surface area (Å²) in [5.41, 5.74) is 2.78. The summed E-state index contributed by atoms with van der Waals surface area (Å²) in [5, 5.41) is 12.3. The zero-order valence-corrected chi connectivity index (χ0v) is 11.0. The van der Waals surface area contributed by atoms with Crippen molar-refractivity contribution in [3.63, 3.8) is 0 Å². The van der Waals surface area contributed by atoms with Gasteiger partial charge < -0.3 is 10.1 Å². The summed E-state index contributed by atoms with van der Waals surface area (Å²) in [6, 6.07) is 17.2. The second-order valence-corrected chi connectivity index (χ2v) is 4.77. The second kappa shape index (κ2) is 4.81. The number of rotatable bonds is 1. The van der Waals surface area contributed by atoms with Crippen LogP contribution in [-0.2, 0) is 4.79 Å². The number of nitrogens with zero attached hydrogens (tertiary/aromatic N) is 2. The highest BCUT2D eigenvalue weighted by molar-refractivity contribution is 6.46. The lowest BCUT2D eigenvalue weighted by atomic mass is 9.87. The van der Waals surface area contributed by atoms with Gasteiger partial charge in [-0.3, -0.25) is 4.79 Å². The van der Waals surface area contributed by atoms with Gasteiger partial charge in [-0.15, -0.1) is 0 Å². The lowest BCUT2D eigenvalue weighted by molar-refractivity contribution is -0.124. The van der Waals surface area contributed by atoms with Gasteiger partial charge in [0.25, 0.3) is 5.91 Å². The van der Waals surface area contributed by atoms with Crippen LogP contribution in [0.25, 0.3) is 0 Å². The van der Waals surface area contributed by atoms with Gasteiger partial charge in [0.15, 0.2) is 5.71 Å². The predicted molar refractivity (Wildman–Crippen MR) is 75.8 cm³/mol. The number of oxime groups is 1. The molecule has 2 aromatic rings. The Morgan fingerprint density at radius 1 is 1.05 bits per heavy atom. The van der Waals surface area contributed by atoms with Crippen molar-refractivity contribution in [2.24, 2.45) is 5.16 Å². The fourth-order valence-electron chi connectivity index (χ4n) is 2.69. The molecule has 0 radical (unpaired) electrons. The van der Waals surface area contributed by atoms with Gasteiger partial charge in [-0.05, 0) is 11.1 Å². The summed E-state index contributed by atoms with van der Waals surface area (Å²) in [5.74, 6) is -0.278. The summed E-state index contributed by atoms with van der Waals surface area (Å²) in [6.07, 6.45) is 0. The zero-order chi connectivity index (χ0) is 14.1. The summed E-state index contributed by atoms with van der Waals surface area (Å²) in [4.78, 5) is 13.9. The average molecular weight is 266 g/mol. The molecule has 0 bridgehead atoms. The molecule has 0 saturated carbocycles. The van der Waals surface area contributed by atoms with Crippen LogP contribution in [0.3, 0.4) is 0 Å². The Morgan fingerprint density at radius 3 is 2.40 bits per heavy atom. The molecule has 1 atom stereocenters. The van der Waals surface area contributed by atoms with Gasteiger partial charge in [-0.25, -0.2) is 0 Å². The van der Waals surface area contributed by atoms with Crippen molar-refractivity contribution in [1.82, 2.24) is 4.90 Å². The third kappa shape index (κ3) is 1.77. The lowest BCUT2D eigenvalue weighted by Gasteiger charge is -2.34. The maximum Gasteiger partial charge on any atom is 0.277 e. The number of benzene rings is 2. The first-order valence-electron chi connectivity index (χ1n) is 6.37. The molecule has 0 fully saturated rings. The van der Waals surface area contributed by atoms with E-state index >= 15 is 0 Å². The first-order valence-corrected chi connectivity index (χ1v) is 6.37. The summed E-state index contributed by atoms with van der Waals surface area (Å²) >= 11 is 0. The van der Waals surface area contributed by atoms with Crippen LogP contribution in [0.1, 0.15) is 22.7 Å². The number of carbonyl (C=O) groups excluding carboxylic acids is 1. The minimum atomic E-state index is -0.278. The normalized spacial score (nSPS) is 20.1. The van der Waals surface area contributed by atoms with Crippen molar-refractivity contribution in [2.75, 3.05) is 7.05 Å². The third-order valence-electron chi connectivity index (χ3n) is 3.64. The molecule has 1 aliphatic rings. The fourth-order valence-corrected chi connectivity index (χ4v) is 2.69. The molecule has 100 valence electrons. The van der Waals surface area contributed by atoms with Crippen LogP contribution in [0, 0.1) is 0 Å². The Morgan fingerprint density at radius 2 is 1.70 bits per heavy atom. The third-order valence-corrected chi connectivity index (χ3v) is 3.64. The van der Waals surface area contributed by atoms with Gasteiger partial charge >= 0.3 is 0 Å². The highest BCUT2D eigenvalue weighted by Crippen LogP contribution is 2.34. The smallest absolute Gasteiger partial charge is 0.277 e. The Hall–Kier alpha value is -2.62. The monoisotopic (exact) mass is 266 g/mol. The Bertz CT molecular complexity index is 680. The van der Waals surface area contributed by atoms with Crippen LogP contribution in [0.4, 0.5) is 0 Å². The molecule has 1 heterocycles. The molecular formula is C16H14N2O2. The van der Waals surface area contributed by atoms with E-state index in [0.717, 1.165) is 11.1 Å². The van der Waals surface area contributed by atoms with Crippen molar-refractivity contribution >= 4 is 11.6 Å². The van der Waals surface area contributed by atoms with Gasteiger partial charge in [0.05, 0.1) is 6.04 Å². The largest absolute Gasteiger partial charge is 0.410 e. The molecule has 0 spiro atoms. The quantitative estimate of drug-likeness (QED) is 0.636. The Kier molecular flexibility index (Phi) is 2.99. The van der Waals surface area contributed by atoms with Crippen molar-refractivity contribution < 1.29 is 10.0 Å². The molecule has 0 aromatic heterocycles. The van der Waals surface area contributed by atoms with Crippen LogP contribution in [0.15, 0.2) is 59.8 Å². The average Bonchev–Trinajstić information content (AvgIpc) is 2.50. The minimum Gasteiger partial charge on any atom is -0.410 e. The van der Waals surface area contributed by atoms with Gasteiger partial charge in [-0.2, -0.15) is 0 Å². The van der Waals surface area contributed by atoms with Crippen molar-refractivity contribution in [2.45, 2.75) is 6.04 Å². The molecule has 0 saturated heterocycles. The number of amides is 1. The number of hydrogen-bond acceptors (Lipinski definition) is 3. The minimum absolute atomic E-state index is 0.0929. The molecule has 3 rings (SSSR count). The van der Waals surface area contributed by atoms with Gasteiger partial charge in [-0.1, -0.05) is 59.8 Å². The zero-order valence-electron chi connectivity index (χ0n) is 11.0. The maximum absolute atomic E-state index is 12.3. The highest BCUT2D eigenvalue weighted by Gasteiger charge is 2.35. The van der Waals surface area contributed by atoms with Gasteiger partial charge in [0.2, 0.25) is 0 Å². The van der Waals surface area contributed by atoms with Crippen LogP contribution in [-0.4, -0.2) is 28.8 Å². The summed E-state index contributed by atoms with van der Waals surface area (Å²) < 4.78 is 0. The van der Waals surface area contributed by atoms with Crippen molar-refractivity contribution in [3.8, 4) is 0 Å². The van der Waals surface area contributed by atoms with E-state index in [9.17, 15) is 4.79 Å². The van der Waals surface area contributed by atoms with Gasteiger partial charge in [0, 0.05) is 12.6 Å². The lowest BCUT2D eigenvalue weighted by Crippen LogP contribution is -2.42. The molecule has 4 nitrogen and oxygen atoms in total. The molecule has 1 N–H and O–H groups in total. The summed E-state index contributed by atoms with van der Waals surface area (Å²) in [6.45, 7) is 0. The van der Waals surface area contributed by atoms with E-state index in [2.05, 4.69) is 5.16 Å². The number of fused-ring (bicyclic) bond motifs is 1. The second-order valence-electron chi connectivity index (χ2n) is 4.77. The molecule has 2 aromatic carbocycles.